The van der Waals surface area contributed by atoms with Crippen LogP contribution in [0.1, 0.15) is 22.3 Å². The summed E-state index contributed by atoms with van der Waals surface area (Å²) in [5.41, 5.74) is 4.77. The maximum absolute atomic E-state index is 10.5. The van der Waals surface area contributed by atoms with Crippen molar-refractivity contribution in [1.29, 1.82) is 0 Å². The van der Waals surface area contributed by atoms with Crippen LogP contribution in [0.4, 0.5) is 52.7 Å². The predicted molar refractivity (Wildman–Crippen MR) is 154 cm³/mol. The predicted octanol–water partition coefficient (Wildman–Crippen LogP) is 0.165. The van der Waals surface area contributed by atoms with Crippen LogP contribution in [0.15, 0.2) is 98.1 Å². The van der Waals surface area contributed by atoms with Crippen LogP contribution in [0, 0.1) is 0 Å². The summed E-state index contributed by atoms with van der Waals surface area (Å²) < 4.78 is 126. The number of carbonyl (C=O) groups excluding carboxylic acids is 4. The molecule has 56 heavy (non-hydrogen) atoms. The van der Waals surface area contributed by atoms with Gasteiger partial charge in [-0.3, -0.25) is 0 Å². The van der Waals surface area contributed by atoms with Crippen LogP contribution in [-0.4, -0.2) is 48.6 Å². The molecule has 4 aromatic heterocycles. The van der Waals surface area contributed by atoms with Gasteiger partial charge in [-0.1, -0.05) is 24.3 Å². The zero-order valence-electron chi connectivity index (χ0n) is 27.3. The molecule has 0 atom stereocenters. The summed E-state index contributed by atoms with van der Waals surface area (Å²) in [4.78, 5) is 47.1. The summed E-state index contributed by atoms with van der Waals surface area (Å²) in [7, 11) is 0. The van der Waals surface area contributed by atoms with Gasteiger partial charge >= 0.3 is 24.7 Å². The van der Waals surface area contributed by atoms with Gasteiger partial charge in [0.15, 0.2) is 49.6 Å². The highest BCUT2D eigenvalue weighted by Gasteiger charge is 2.30. The van der Waals surface area contributed by atoms with Crippen molar-refractivity contribution in [1.82, 2.24) is 0 Å². The molecule has 0 aromatic carbocycles. The molecule has 0 bridgehead atoms. The molecule has 0 unspecified atom stereocenters. The quantitative estimate of drug-likeness (QED) is 0.258. The molecule has 12 nitrogen and oxygen atoms in total. The fourth-order valence-corrected chi connectivity index (χ4v) is 2.43. The van der Waals surface area contributed by atoms with E-state index in [0.717, 1.165) is 0 Å². The Morgan fingerprint density at radius 3 is 0.536 bits per heavy atom. The number of aromatic amines is 4. The first-order chi connectivity index (χ1) is 25.7. The molecule has 0 spiro atoms. The fourth-order valence-electron chi connectivity index (χ4n) is 2.43. The number of aliphatic carboxylic acids is 4. The lowest BCUT2D eigenvalue weighted by Crippen LogP contribution is -2.37. The highest BCUT2D eigenvalue weighted by molar-refractivity contribution is 5.72. The van der Waals surface area contributed by atoms with Crippen molar-refractivity contribution < 1.29 is 112 Å². The lowest BCUT2D eigenvalue weighted by molar-refractivity contribution is -0.378. The number of carbonyl (C=O) groups is 4. The summed E-state index contributed by atoms with van der Waals surface area (Å²) in [6.45, 7) is 0. The molecule has 4 rings (SSSR count). The standard InChI is InChI=1S/2C12H10N2.4C2HF3O2/c2*1(11-3-7-13-8-4-11)2-12-5-9-14-10-6-12;4*3-2(4,5)1(6)7/h2*1-10H;4*(H,6,7)/b2*2-1+;;;;. The molecule has 304 valence electrons. The summed E-state index contributed by atoms with van der Waals surface area (Å²) in [6.07, 6.45) is 2.89. The minimum absolute atomic E-state index is 1.19. The van der Waals surface area contributed by atoms with Crippen LogP contribution in [0.3, 0.4) is 0 Å². The van der Waals surface area contributed by atoms with E-state index in [2.05, 4.69) is 44.2 Å². The molecular weight excluding hydrogens is 796 g/mol. The van der Waals surface area contributed by atoms with E-state index in [-0.39, 0.29) is 0 Å². The number of hydrogen-bond donors (Lipinski definition) is 0. The zero-order valence-corrected chi connectivity index (χ0v) is 27.3. The molecule has 0 radical (unpaired) electrons. The first-order valence-corrected chi connectivity index (χ1v) is 14.0. The van der Waals surface area contributed by atoms with E-state index in [1.54, 1.807) is 0 Å². The average Bonchev–Trinajstić information content (AvgIpc) is 3.11. The second-order valence-corrected chi connectivity index (χ2v) is 9.14. The number of rotatable bonds is 4. The topological polar surface area (TPSA) is 217 Å². The van der Waals surface area contributed by atoms with Crippen LogP contribution in [0.2, 0.25) is 0 Å². The van der Waals surface area contributed by atoms with Crippen molar-refractivity contribution in [3.63, 3.8) is 0 Å². The second-order valence-electron chi connectivity index (χ2n) is 9.14. The number of halogens is 12. The molecule has 0 aliphatic rings. The Labute approximate surface area is 305 Å². The van der Waals surface area contributed by atoms with E-state index in [1.807, 2.05) is 98.1 Å². The number of carboxylic acid groups (broad SMARTS) is 4. The van der Waals surface area contributed by atoms with Gasteiger partial charge in [-0.25, -0.2) is 19.9 Å². The Balaban J connectivity index is 0. The molecular formula is C32H24F12N4O8. The molecule has 4 heterocycles. The summed E-state index contributed by atoms with van der Waals surface area (Å²) >= 11 is 0. The fraction of sp³-hybridized carbons (Fsp3) is 0.125. The zero-order chi connectivity index (χ0) is 43.6. The van der Waals surface area contributed by atoms with Crippen molar-refractivity contribution in [2.75, 3.05) is 0 Å². The van der Waals surface area contributed by atoms with Crippen LogP contribution in [0.25, 0.3) is 24.3 Å². The average molecular weight is 821 g/mol. The SMILES string of the molecule is C(=C\c1cc[nH+]cc1)/c1cc[nH+]cc1.C(=C\c1cc[nH+]cc1)/c1cc[nH+]cc1.O=C([O-])C(F)(F)F.O=C([O-])C(F)(F)F.O=C([O-])C(F)(F)F.O=C([O-])C(F)(F)F. The van der Waals surface area contributed by atoms with Crippen molar-refractivity contribution in [2.24, 2.45) is 0 Å². The lowest BCUT2D eigenvalue weighted by Gasteiger charge is -2.03. The maximum Gasteiger partial charge on any atom is 0.430 e. The Hall–Kier alpha value is -6.88. The van der Waals surface area contributed by atoms with Crippen molar-refractivity contribution in [2.45, 2.75) is 24.7 Å². The van der Waals surface area contributed by atoms with Gasteiger partial charge in [-0.05, 0) is 22.3 Å². The van der Waals surface area contributed by atoms with Gasteiger partial charge in [0.2, 0.25) is 0 Å². The molecule has 0 amide bonds. The van der Waals surface area contributed by atoms with Crippen molar-refractivity contribution in [3.05, 3.63) is 120 Å². The number of nitrogens with one attached hydrogen (secondary N) is 4. The molecule has 0 saturated carbocycles. The first kappa shape index (κ1) is 51.2. The minimum atomic E-state index is -5.19. The van der Waals surface area contributed by atoms with Crippen LogP contribution >= 0.6 is 0 Å². The lowest BCUT2D eigenvalue weighted by atomic mass is 10.2. The maximum atomic E-state index is 10.5. The highest BCUT2D eigenvalue weighted by atomic mass is 19.4. The van der Waals surface area contributed by atoms with Crippen molar-refractivity contribution in [3.8, 4) is 0 Å². The van der Waals surface area contributed by atoms with Gasteiger partial charge in [-0.15, -0.1) is 0 Å². The van der Waals surface area contributed by atoms with Gasteiger partial charge in [0.05, 0.1) is 0 Å². The van der Waals surface area contributed by atoms with Gasteiger partial charge in [-0.2, -0.15) is 52.7 Å². The number of pyridine rings is 4. The van der Waals surface area contributed by atoms with E-state index >= 15 is 0 Å². The Kier molecular flexibility index (Phi) is 23.0. The number of alkyl halides is 12. The van der Waals surface area contributed by atoms with Crippen molar-refractivity contribution >= 4 is 48.2 Å². The molecule has 0 aliphatic heterocycles. The van der Waals surface area contributed by atoms with Gasteiger partial charge in [0.25, 0.3) is 0 Å². The summed E-state index contributed by atoms with van der Waals surface area (Å²) in [5.74, 6) is -12.0. The van der Waals surface area contributed by atoms with Gasteiger partial charge in [0.1, 0.15) is 23.9 Å². The Bertz CT molecular complexity index is 1530. The first-order valence-electron chi connectivity index (χ1n) is 14.0. The minimum Gasteiger partial charge on any atom is -0.542 e. The van der Waals surface area contributed by atoms with Gasteiger partial charge in [0, 0.05) is 48.5 Å². The molecule has 0 fully saturated rings. The highest BCUT2D eigenvalue weighted by Crippen LogP contribution is 2.13. The number of H-pyrrole nitrogens is 4. The van der Waals surface area contributed by atoms with E-state index in [1.165, 1.54) is 22.3 Å². The van der Waals surface area contributed by atoms with E-state index in [0.29, 0.717) is 0 Å². The molecule has 4 N–H and O–H groups in total. The van der Waals surface area contributed by atoms with E-state index in [9.17, 15) is 52.7 Å². The molecule has 24 heteroatoms. The normalized spacial score (nSPS) is 10.9. The van der Waals surface area contributed by atoms with E-state index < -0.39 is 48.6 Å². The van der Waals surface area contributed by atoms with E-state index in [4.69, 9.17) is 39.6 Å². The molecule has 0 aliphatic carbocycles. The van der Waals surface area contributed by atoms with Crippen LogP contribution in [-0.2, 0) is 19.2 Å². The number of hydrogen-bond acceptors (Lipinski definition) is 8. The number of aromatic nitrogens is 4. The monoisotopic (exact) mass is 820 g/mol. The number of carboxylic acids is 4. The third-order valence-corrected chi connectivity index (χ3v) is 4.84. The summed E-state index contributed by atoms with van der Waals surface area (Å²) in [6, 6.07) is 16.3. The third-order valence-electron chi connectivity index (χ3n) is 4.84. The van der Waals surface area contributed by atoms with Crippen LogP contribution in [0.5, 0.6) is 0 Å². The largest absolute Gasteiger partial charge is 0.542 e. The third kappa shape index (κ3) is 28.7. The smallest absolute Gasteiger partial charge is 0.430 e. The van der Waals surface area contributed by atoms with Gasteiger partial charge < -0.3 is 39.6 Å². The molecule has 0 saturated heterocycles. The summed E-state index contributed by atoms with van der Waals surface area (Å²) in [5, 5.41) is 35.1. The second kappa shape index (κ2) is 25.2. The van der Waals surface area contributed by atoms with Crippen LogP contribution < -0.4 is 40.4 Å². The Morgan fingerprint density at radius 2 is 0.446 bits per heavy atom. The Morgan fingerprint density at radius 1 is 0.339 bits per heavy atom. The molecule has 4 aromatic rings.